The maximum Gasteiger partial charge on any atom is 0.122 e. The van der Waals surface area contributed by atoms with Crippen LogP contribution in [0.2, 0.25) is 0 Å². The molecule has 0 aliphatic rings. The third kappa shape index (κ3) is 6.11. The van der Waals surface area contributed by atoms with E-state index in [1.807, 2.05) is 0 Å². The molecule has 0 aliphatic heterocycles. The highest BCUT2D eigenvalue weighted by molar-refractivity contribution is 5.35. The number of nitrogens with two attached hydrogens (primary N) is 1. The molecule has 0 saturated carbocycles. The second-order valence-electron chi connectivity index (χ2n) is 6.41. The highest BCUT2D eigenvalue weighted by Gasteiger charge is 2.12. The van der Waals surface area contributed by atoms with Crippen molar-refractivity contribution in [3.63, 3.8) is 0 Å². The molecule has 1 rings (SSSR count). The van der Waals surface area contributed by atoms with E-state index in [0.717, 1.165) is 31.7 Å². The predicted molar refractivity (Wildman–Crippen MR) is 81.8 cm³/mol. The number of rotatable bonds is 7. The van der Waals surface area contributed by atoms with Gasteiger partial charge >= 0.3 is 0 Å². The molecule has 0 aliphatic carbocycles. The second kappa shape index (κ2) is 7.54. The Morgan fingerprint density at radius 1 is 1.21 bits per heavy atom. The summed E-state index contributed by atoms with van der Waals surface area (Å²) in [5.41, 5.74) is 1.65. The van der Waals surface area contributed by atoms with Gasteiger partial charge in [0.05, 0.1) is 18.7 Å². The lowest BCUT2D eigenvalue weighted by atomic mass is 9.98. The highest BCUT2D eigenvalue weighted by atomic mass is 16.5. The van der Waals surface area contributed by atoms with E-state index < -0.39 is 0 Å². The Labute approximate surface area is 118 Å². The lowest BCUT2D eigenvalue weighted by Crippen LogP contribution is -2.94. The maximum absolute atomic E-state index is 5.95. The lowest BCUT2D eigenvalue weighted by molar-refractivity contribution is -0.717. The first kappa shape index (κ1) is 16.0. The van der Waals surface area contributed by atoms with E-state index in [4.69, 9.17) is 4.74 Å². The maximum atomic E-state index is 5.95. The Morgan fingerprint density at radius 3 is 2.53 bits per heavy atom. The van der Waals surface area contributed by atoms with E-state index in [-0.39, 0.29) is 0 Å². The largest absolute Gasteiger partial charge is 0.493 e. The number of ether oxygens (including phenoxy) is 1. The predicted octanol–water partition coefficient (Wildman–Crippen LogP) is 3.33. The van der Waals surface area contributed by atoms with Gasteiger partial charge in [0.1, 0.15) is 5.75 Å². The van der Waals surface area contributed by atoms with Gasteiger partial charge in [-0.3, -0.25) is 0 Å². The first-order chi connectivity index (χ1) is 8.94. The quantitative estimate of drug-likeness (QED) is 0.751. The van der Waals surface area contributed by atoms with Crippen LogP contribution in [0.1, 0.15) is 58.9 Å². The Kier molecular flexibility index (Phi) is 6.36. The van der Waals surface area contributed by atoms with E-state index in [1.165, 1.54) is 5.56 Å². The van der Waals surface area contributed by atoms with Crippen molar-refractivity contribution in [1.29, 1.82) is 0 Å². The fraction of sp³-hybridized carbons (Fsp3) is 0.647. The Balaban J connectivity index is 2.41. The van der Waals surface area contributed by atoms with Crippen molar-refractivity contribution in [3.05, 3.63) is 29.8 Å². The van der Waals surface area contributed by atoms with E-state index >= 15 is 0 Å². The molecule has 0 radical (unpaired) electrons. The Morgan fingerprint density at radius 2 is 1.89 bits per heavy atom. The van der Waals surface area contributed by atoms with Crippen molar-refractivity contribution < 1.29 is 10.1 Å². The summed E-state index contributed by atoms with van der Waals surface area (Å²) in [6, 6.07) is 8.43. The first-order valence-corrected chi connectivity index (χ1v) is 7.50. The van der Waals surface area contributed by atoms with Gasteiger partial charge in [0.2, 0.25) is 0 Å². The van der Waals surface area contributed by atoms with Gasteiger partial charge in [-0.05, 0) is 44.7 Å². The number of hydrogen-bond donors (Lipinski definition) is 1. The van der Waals surface area contributed by atoms with Gasteiger partial charge < -0.3 is 10.1 Å². The normalized spacial score (nSPS) is 13.3. The summed E-state index contributed by atoms with van der Waals surface area (Å²) in [5.74, 6) is 1.63. The minimum Gasteiger partial charge on any atom is -0.493 e. The lowest BCUT2D eigenvalue weighted by Gasteiger charge is -2.18. The van der Waals surface area contributed by atoms with Crippen LogP contribution in [0, 0.1) is 0 Å². The van der Waals surface area contributed by atoms with E-state index in [9.17, 15) is 0 Å². The molecule has 2 nitrogen and oxygen atoms in total. The third-order valence-electron chi connectivity index (χ3n) is 3.43. The van der Waals surface area contributed by atoms with Gasteiger partial charge in [0, 0.05) is 6.42 Å². The average Bonchev–Trinajstić information content (AvgIpc) is 2.36. The molecule has 0 unspecified atom stereocenters. The zero-order valence-corrected chi connectivity index (χ0v) is 13.2. The molecule has 0 fully saturated rings. The second-order valence-corrected chi connectivity index (χ2v) is 6.41. The molecular formula is C17H30NO+. The first-order valence-electron chi connectivity index (χ1n) is 7.50. The molecule has 0 bridgehead atoms. The van der Waals surface area contributed by atoms with Crippen LogP contribution in [0.25, 0.3) is 0 Å². The molecule has 108 valence electrons. The molecule has 0 aromatic heterocycles. The summed E-state index contributed by atoms with van der Waals surface area (Å²) in [6.07, 6.45) is 2.24. The van der Waals surface area contributed by atoms with Gasteiger partial charge in [-0.25, -0.2) is 0 Å². The van der Waals surface area contributed by atoms with E-state index in [0.29, 0.717) is 11.5 Å². The van der Waals surface area contributed by atoms with Gasteiger partial charge in [-0.2, -0.15) is 0 Å². The average molecular weight is 264 g/mol. The van der Waals surface area contributed by atoms with Crippen molar-refractivity contribution in [2.75, 3.05) is 13.2 Å². The number of para-hydroxylation sites is 1. The zero-order valence-electron chi connectivity index (χ0n) is 13.2. The fourth-order valence-corrected chi connectivity index (χ4v) is 2.04. The molecule has 19 heavy (non-hydrogen) atoms. The molecule has 0 saturated heterocycles. The highest BCUT2D eigenvalue weighted by Crippen LogP contribution is 2.28. The van der Waals surface area contributed by atoms with Crippen LogP contribution in [-0.4, -0.2) is 18.7 Å². The molecule has 2 N–H and O–H groups in total. The van der Waals surface area contributed by atoms with Gasteiger partial charge in [0.15, 0.2) is 0 Å². The number of hydrogen-bond acceptors (Lipinski definition) is 1. The summed E-state index contributed by atoms with van der Waals surface area (Å²) in [5, 5.41) is 2.37. The van der Waals surface area contributed by atoms with Crippen LogP contribution in [0.5, 0.6) is 5.75 Å². The van der Waals surface area contributed by atoms with Crippen LogP contribution in [0.4, 0.5) is 0 Å². The van der Waals surface area contributed by atoms with Crippen LogP contribution < -0.4 is 10.1 Å². The van der Waals surface area contributed by atoms with Crippen LogP contribution >= 0.6 is 0 Å². The summed E-state index contributed by atoms with van der Waals surface area (Å²) in [7, 11) is 0. The van der Waals surface area contributed by atoms with Gasteiger partial charge in [-0.15, -0.1) is 0 Å². The summed E-state index contributed by atoms with van der Waals surface area (Å²) in [4.78, 5) is 0. The fourth-order valence-electron chi connectivity index (χ4n) is 2.04. The van der Waals surface area contributed by atoms with Crippen molar-refractivity contribution in [2.45, 2.75) is 58.9 Å². The molecule has 0 heterocycles. The Hall–Kier alpha value is -1.02. The minimum atomic E-state index is 0.314. The molecule has 1 aromatic carbocycles. The van der Waals surface area contributed by atoms with Crippen LogP contribution in [0.3, 0.4) is 0 Å². The standard InChI is InChI=1S/C17H29NO/c1-6-14(2)15-10-7-8-11-16(15)19-13-9-12-18-17(3,4)5/h7-8,10-11,14,18H,6,9,12-13H2,1-5H3/p+1/t14-/m0/s1. The summed E-state index contributed by atoms with van der Waals surface area (Å²) >= 11 is 0. The smallest absolute Gasteiger partial charge is 0.122 e. The van der Waals surface area contributed by atoms with E-state index in [1.54, 1.807) is 0 Å². The van der Waals surface area contributed by atoms with Crippen molar-refractivity contribution >= 4 is 0 Å². The number of benzene rings is 1. The van der Waals surface area contributed by atoms with Crippen LogP contribution in [-0.2, 0) is 0 Å². The summed E-state index contributed by atoms with van der Waals surface area (Å²) in [6.45, 7) is 13.1. The topological polar surface area (TPSA) is 25.8 Å². The molecule has 0 spiro atoms. The van der Waals surface area contributed by atoms with Gasteiger partial charge in [-0.1, -0.05) is 32.0 Å². The Bertz CT molecular complexity index is 368. The monoisotopic (exact) mass is 264 g/mol. The zero-order chi connectivity index (χ0) is 14.3. The van der Waals surface area contributed by atoms with E-state index in [2.05, 4.69) is 64.2 Å². The van der Waals surface area contributed by atoms with Crippen molar-refractivity contribution in [2.24, 2.45) is 0 Å². The van der Waals surface area contributed by atoms with Gasteiger partial charge in [0.25, 0.3) is 0 Å². The molecule has 2 heteroatoms. The van der Waals surface area contributed by atoms with Crippen molar-refractivity contribution in [3.8, 4) is 5.75 Å². The molecular weight excluding hydrogens is 234 g/mol. The molecule has 1 aromatic rings. The minimum absolute atomic E-state index is 0.314. The van der Waals surface area contributed by atoms with Crippen LogP contribution in [0.15, 0.2) is 24.3 Å². The number of quaternary nitrogens is 1. The summed E-state index contributed by atoms with van der Waals surface area (Å²) < 4.78 is 5.95. The van der Waals surface area contributed by atoms with Crippen molar-refractivity contribution in [1.82, 2.24) is 0 Å². The molecule has 1 atom stereocenters. The SMILES string of the molecule is CC[C@H](C)c1ccccc1OCCC[NH2+]C(C)(C)C. The molecule has 0 amide bonds. The third-order valence-corrected chi connectivity index (χ3v) is 3.43.